The second kappa shape index (κ2) is 8.74. The summed E-state index contributed by atoms with van der Waals surface area (Å²) in [5, 5.41) is 11.4. The van der Waals surface area contributed by atoms with E-state index in [1.165, 1.54) is 0 Å². The molecule has 0 aromatic carbocycles. The highest BCUT2D eigenvalue weighted by Crippen LogP contribution is 2.10. The van der Waals surface area contributed by atoms with E-state index in [-0.39, 0.29) is 12.5 Å². The number of hydrogen-bond donors (Lipinski definition) is 3. The Morgan fingerprint density at radius 1 is 1.26 bits per heavy atom. The summed E-state index contributed by atoms with van der Waals surface area (Å²) in [6, 6.07) is -0.183. The lowest BCUT2D eigenvalue weighted by atomic mass is 10.0. The smallest absolute Gasteiger partial charge is 0.407 e. The molecular weight excluding hydrogens is 248 g/mol. The van der Waals surface area contributed by atoms with Crippen molar-refractivity contribution in [3.05, 3.63) is 0 Å². The van der Waals surface area contributed by atoms with Crippen LogP contribution in [0.3, 0.4) is 0 Å². The molecule has 1 atom stereocenters. The molecule has 19 heavy (non-hydrogen) atoms. The topological polar surface area (TPSA) is 102 Å². The molecule has 0 bridgehead atoms. The molecule has 0 aliphatic carbocycles. The summed E-state index contributed by atoms with van der Waals surface area (Å²) in [6.07, 6.45) is 2.36. The van der Waals surface area contributed by atoms with Gasteiger partial charge in [-0.25, -0.2) is 4.79 Å². The maximum Gasteiger partial charge on any atom is 0.407 e. The molecule has 4 N–H and O–H groups in total. The van der Waals surface area contributed by atoms with Crippen LogP contribution in [0, 0.1) is 0 Å². The molecule has 0 aliphatic rings. The number of rotatable bonds is 8. The lowest BCUT2D eigenvalue weighted by molar-refractivity contribution is -0.137. The first-order valence-corrected chi connectivity index (χ1v) is 6.66. The van der Waals surface area contributed by atoms with E-state index < -0.39 is 17.7 Å². The lowest BCUT2D eigenvalue weighted by Gasteiger charge is -2.23. The van der Waals surface area contributed by atoms with Crippen molar-refractivity contribution in [1.29, 1.82) is 0 Å². The van der Waals surface area contributed by atoms with Gasteiger partial charge in [-0.05, 0) is 46.6 Å². The van der Waals surface area contributed by atoms with Crippen LogP contribution in [0.4, 0.5) is 4.79 Å². The molecule has 6 heteroatoms. The molecule has 0 radical (unpaired) electrons. The first-order valence-electron chi connectivity index (χ1n) is 6.66. The van der Waals surface area contributed by atoms with Gasteiger partial charge >= 0.3 is 12.1 Å². The van der Waals surface area contributed by atoms with Crippen LogP contribution in [-0.4, -0.2) is 35.4 Å². The molecule has 0 heterocycles. The van der Waals surface area contributed by atoms with E-state index in [1.807, 2.05) is 0 Å². The van der Waals surface area contributed by atoms with Gasteiger partial charge in [0.15, 0.2) is 0 Å². The van der Waals surface area contributed by atoms with Crippen molar-refractivity contribution in [3.63, 3.8) is 0 Å². The molecule has 1 amide bonds. The van der Waals surface area contributed by atoms with Gasteiger partial charge in [-0.3, -0.25) is 4.79 Å². The summed E-state index contributed by atoms with van der Waals surface area (Å²) >= 11 is 0. The molecule has 0 fully saturated rings. The fourth-order valence-electron chi connectivity index (χ4n) is 1.60. The second-order valence-electron chi connectivity index (χ2n) is 5.56. The number of amides is 1. The highest BCUT2D eigenvalue weighted by molar-refractivity contribution is 5.69. The van der Waals surface area contributed by atoms with Crippen LogP contribution in [0.15, 0.2) is 0 Å². The number of carboxylic acid groups (broad SMARTS) is 1. The first-order chi connectivity index (χ1) is 8.74. The fraction of sp³-hybridized carbons (Fsp3) is 0.846. The Balaban J connectivity index is 4.22. The molecular formula is C13H26N2O4. The van der Waals surface area contributed by atoms with Gasteiger partial charge in [0.1, 0.15) is 5.60 Å². The normalized spacial score (nSPS) is 12.8. The number of carboxylic acids is 1. The summed E-state index contributed by atoms with van der Waals surface area (Å²) in [4.78, 5) is 22.2. The Hall–Kier alpha value is -1.30. The van der Waals surface area contributed by atoms with Crippen LogP contribution in [0.25, 0.3) is 0 Å². The predicted octanol–water partition coefficient (Wildman–Crippen LogP) is 1.87. The maximum atomic E-state index is 11.6. The molecule has 0 aromatic heterocycles. The fourth-order valence-corrected chi connectivity index (χ4v) is 1.60. The van der Waals surface area contributed by atoms with Crippen molar-refractivity contribution < 1.29 is 19.4 Å². The third kappa shape index (κ3) is 11.5. The van der Waals surface area contributed by atoms with Crippen LogP contribution in [0.5, 0.6) is 0 Å². The SMILES string of the molecule is CC(C)(C)OC(=O)N[C@H](CCCCN)CCC(=O)O. The zero-order valence-corrected chi connectivity index (χ0v) is 12.1. The predicted molar refractivity (Wildman–Crippen MR) is 72.9 cm³/mol. The average Bonchev–Trinajstić information content (AvgIpc) is 2.23. The minimum atomic E-state index is -0.866. The molecule has 0 spiro atoms. The van der Waals surface area contributed by atoms with Gasteiger partial charge in [-0.1, -0.05) is 6.42 Å². The van der Waals surface area contributed by atoms with E-state index >= 15 is 0 Å². The molecule has 0 aromatic rings. The molecule has 0 unspecified atom stereocenters. The van der Waals surface area contributed by atoms with E-state index in [4.69, 9.17) is 15.6 Å². The Kier molecular flexibility index (Phi) is 8.14. The van der Waals surface area contributed by atoms with Crippen LogP contribution >= 0.6 is 0 Å². The number of ether oxygens (including phenoxy) is 1. The Labute approximate surface area is 114 Å². The van der Waals surface area contributed by atoms with Crippen molar-refractivity contribution in [2.75, 3.05) is 6.54 Å². The van der Waals surface area contributed by atoms with Gasteiger partial charge < -0.3 is 20.9 Å². The van der Waals surface area contributed by atoms with Crippen molar-refractivity contribution in [2.45, 2.75) is 64.5 Å². The number of nitrogens with two attached hydrogens (primary N) is 1. The van der Waals surface area contributed by atoms with Gasteiger partial charge in [0, 0.05) is 12.5 Å². The summed E-state index contributed by atoms with van der Waals surface area (Å²) < 4.78 is 5.16. The lowest BCUT2D eigenvalue weighted by Crippen LogP contribution is -2.39. The van der Waals surface area contributed by atoms with Gasteiger partial charge in [0.25, 0.3) is 0 Å². The van der Waals surface area contributed by atoms with Gasteiger partial charge in [0.2, 0.25) is 0 Å². The summed E-state index contributed by atoms with van der Waals surface area (Å²) in [5.74, 6) is -0.866. The highest BCUT2D eigenvalue weighted by atomic mass is 16.6. The third-order valence-electron chi connectivity index (χ3n) is 2.43. The summed E-state index contributed by atoms with van der Waals surface area (Å²) in [5.41, 5.74) is 4.86. The molecule has 112 valence electrons. The Morgan fingerprint density at radius 2 is 1.89 bits per heavy atom. The number of nitrogens with one attached hydrogen (secondary N) is 1. The van der Waals surface area contributed by atoms with Gasteiger partial charge in [0.05, 0.1) is 0 Å². The van der Waals surface area contributed by atoms with Crippen molar-refractivity contribution in [2.24, 2.45) is 5.73 Å². The summed E-state index contributed by atoms with van der Waals surface area (Å²) in [6.45, 7) is 5.95. The Morgan fingerprint density at radius 3 is 2.37 bits per heavy atom. The largest absolute Gasteiger partial charge is 0.481 e. The molecule has 0 saturated carbocycles. The van der Waals surface area contributed by atoms with E-state index in [2.05, 4.69) is 5.32 Å². The minimum absolute atomic E-state index is 0.0308. The number of hydrogen-bond acceptors (Lipinski definition) is 4. The standard InChI is InChI=1S/C13H26N2O4/c1-13(2,3)19-12(18)15-10(6-4-5-9-14)7-8-11(16)17/h10H,4-9,14H2,1-3H3,(H,15,18)(H,16,17)/t10-/m1/s1. The zero-order chi connectivity index (χ0) is 14.9. The number of carbonyl (C=O) groups is 2. The molecule has 6 nitrogen and oxygen atoms in total. The van der Waals surface area contributed by atoms with Gasteiger partial charge in [-0.2, -0.15) is 0 Å². The molecule has 0 rings (SSSR count). The van der Waals surface area contributed by atoms with E-state index in [9.17, 15) is 9.59 Å². The molecule has 0 aliphatic heterocycles. The van der Waals surface area contributed by atoms with E-state index in [0.717, 1.165) is 12.8 Å². The van der Waals surface area contributed by atoms with Crippen LogP contribution in [-0.2, 0) is 9.53 Å². The summed E-state index contributed by atoms with van der Waals surface area (Å²) in [7, 11) is 0. The number of aliphatic carboxylic acids is 1. The van der Waals surface area contributed by atoms with Gasteiger partial charge in [-0.15, -0.1) is 0 Å². The van der Waals surface area contributed by atoms with Crippen molar-refractivity contribution in [3.8, 4) is 0 Å². The monoisotopic (exact) mass is 274 g/mol. The Bertz CT molecular complexity index is 287. The number of alkyl carbamates (subject to hydrolysis) is 1. The van der Waals surface area contributed by atoms with Crippen molar-refractivity contribution in [1.82, 2.24) is 5.32 Å². The van der Waals surface area contributed by atoms with Crippen LogP contribution in [0.2, 0.25) is 0 Å². The van der Waals surface area contributed by atoms with Crippen LogP contribution < -0.4 is 11.1 Å². The maximum absolute atomic E-state index is 11.6. The second-order valence-corrected chi connectivity index (χ2v) is 5.56. The van der Waals surface area contributed by atoms with Crippen LogP contribution in [0.1, 0.15) is 52.9 Å². The highest BCUT2D eigenvalue weighted by Gasteiger charge is 2.19. The van der Waals surface area contributed by atoms with E-state index in [0.29, 0.717) is 19.4 Å². The third-order valence-corrected chi connectivity index (χ3v) is 2.43. The quantitative estimate of drug-likeness (QED) is 0.586. The average molecular weight is 274 g/mol. The molecule has 0 saturated heterocycles. The van der Waals surface area contributed by atoms with E-state index in [1.54, 1.807) is 20.8 Å². The van der Waals surface area contributed by atoms with Crippen molar-refractivity contribution >= 4 is 12.1 Å². The number of carbonyl (C=O) groups excluding carboxylic acids is 1. The number of unbranched alkanes of at least 4 members (excludes halogenated alkanes) is 1. The first kappa shape index (κ1) is 17.7. The zero-order valence-electron chi connectivity index (χ0n) is 12.1. The minimum Gasteiger partial charge on any atom is -0.481 e.